The monoisotopic (exact) mass is 470 g/mol. The Bertz CT molecular complexity index is 525. The van der Waals surface area contributed by atoms with Crippen LogP contribution < -0.4 is 0 Å². The number of carbonyl (C=O) groups is 1. The fourth-order valence-corrected chi connectivity index (χ4v) is 5.19. The minimum atomic E-state index is 0.352. The Morgan fingerprint density at radius 3 is 1.26 bits per heavy atom. The van der Waals surface area contributed by atoms with Crippen LogP contribution >= 0.6 is 0 Å². The Labute approximate surface area is 213 Å². The first kappa shape index (κ1) is 30.9. The van der Waals surface area contributed by atoms with E-state index in [0.717, 1.165) is 12.0 Å². The zero-order valence-electron chi connectivity index (χ0n) is 23.1. The van der Waals surface area contributed by atoms with Crippen LogP contribution in [0.15, 0.2) is 30.3 Å². The molecule has 0 N–H and O–H groups in total. The van der Waals surface area contributed by atoms with Crippen molar-refractivity contribution in [2.45, 2.75) is 162 Å². The first-order valence-corrected chi connectivity index (χ1v) is 15.4. The summed E-state index contributed by atoms with van der Waals surface area (Å²) in [7, 11) is 0. The van der Waals surface area contributed by atoms with Crippen molar-refractivity contribution in [2.75, 3.05) is 0 Å². The van der Waals surface area contributed by atoms with Crippen LogP contribution in [-0.2, 0) is 0 Å². The molecule has 0 amide bonds. The predicted molar refractivity (Wildman–Crippen MR) is 152 cm³/mol. The molecule has 1 nitrogen and oxygen atoms in total. The molecule has 1 rings (SSSR count). The molecule has 0 radical (unpaired) electrons. The van der Waals surface area contributed by atoms with E-state index < -0.39 is 0 Å². The van der Waals surface area contributed by atoms with Gasteiger partial charge in [0.15, 0.2) is 5.78 Å². The van der Waals surface area contributed by atoms with Gasteiger partial charge in [-0.05, 0) is 5.92 Å². The quantitative estimate of drug-likeness (QED) is 0.102. The van der Waals surface area contributed by atoms with E-state index in [-0.39, 0.29) is 0 Å². The van der Waals surface area contributed by atoms with E-state index in [4.69, 9.17) is 0 Å². The van der Waals surface area contributed by atoms with Gasteiger partial charge in [0.2, 0.25) is 0 Å². The molecular formula is C33H58O. The van der Waals surface area contributed by atoms with Crippen LogP contribution in [-0.4, -0.2) is 5.78 Å². The Kier molecular flexibility index (Phi) is 21.5. The number of rotatable bonds is 25. The highest BCUT2D eigenvalue weighted by Crippen LogP contribution is 2.24. The summed E-state index contributed by atoms with van der Waals surface area (Å²) in [5.74, 6) is 0.931. The summed E-state index contributed by atoms with van der Waals surface area (Å²) in [6.45, 7) is 4.58. The molecule has 0 spiro atoms. The topological polar surface area (TPSA) is 17.1 Å². The minimum absolute atomic E-state index is 0.352. The lowest BCUT2D eigenvalue weighted by Gasteiger charge is -2.16. The first-order valence-electron chi connectivity index (χ1n) is 15.4. The van der Waals surface area contributed by atoms with Crippen LogP contribution in [0.5, 0.6) is 0 Å². The molecule has 0 heterocycles. The lowest BCUT2D eigenvalue weighted by atomic mass is 9.88. The molecule has 0 saturated carbocycles. The van der Waals surface area contributed by atoms with Crippen molar-refractivity contribution < 1.29 is 4.79 Å². The van der Waals surface area contributed by atoms with Gasteiger partial charge in [-0.3, -0.25) is 4.79 Å². The molecule has 1 heteroatoms. The van der Waals surface area contributed by atoms with E-state index >= 15 is 0 Å². The molecule has 0 aliphatic carbocycles. The van der Waals surface area contributed by atoms with Crippen LogP contribution in [0.3, 0.4) is 0 Å². The van der Waals surface area contributed by atoms with Gasteiger partial charge < -0.3 is 0 Å². The van der Waals surface area contributed by atoms with E-state index in [1.54, 1.807) is 0 Å². The third-order valence-corrected chi connectivity index (χ3v) is 7.50. The fraction of sp³-hybridized carbons (Fsp3) is 0.788. The van der Waals surface area contributed by atoms with Crippen LogP contribution in [0, 0.1) is 5.92 Å². The first-order chi connectivity index (χ1) is 16.8. The molecule has 0 aromatic heterocycles. The third-order valence-electron chi connectivity index (χ3n) is 7.50. The van der Waals surface area contributed by atoms with Crippen LogP contribution in [0.2, 0.25) is 0 Å². The highest BCUT2D eigenvalue weighted by Gasteiger charge is 2.15. The Balaban J connectivity index is 2.21. The number of carbonyl (C=O) groups excluding carboxylic acids is 1. The number of hydrogen-bond donors (Lipinski definition) is 0. The molecule has 0 aliphatic heterocycles. The van der Waals surface area contributed by atoms with Crippen LogP contribution in [0.4, 0.5) is 0 Å². The van der Waals surface area contributed by atoms with Crippen molar-refractivity contribution in [3.63, 3.8) is 0 Å². The zero-order chi connectivity index (χ0) is 24.5. The van der Waals surface area contributed by atoms with Gasteiger partial charge in [-0.15, -0.1) is 0 Å². The van der Waals surface area contributed by atoms with Crippen molar-refractivity contribution in [1.29, 1.82) is 0 Å². The van der Waals surface area contributed by atoms with Gasteiger partial charge in [-0.25, -0.2) is 0 Å². The van der Waals surface area contributed by atoms with Crippen molar-refractivity contribution >= 4 is 5.78 Å². The number of hydrogen-bond acceptors (Lipinski definition) is 1. The van der Waals surface area contributed by atoms with Crippen molar-refractivity contribution in [2.24, 2.45) is 5.92 Å². The average Bonchev–Trinajstić information content (AvgIpc) is 2.86. The second kappa shape index (κ2) is 23.6. The molecule has 0 fully saturated rings. The van der Waals surface area contributed by atoms with Gasteiger partial charge in [-0.1, -0.05) is 185 Å². The van der Waals surface area contributed by atoms with Crippen LogP contribution in [0.1, 0.15) is 172 Å². The maximum atomic E-state index is 12.8. The molecule has 1 aromatic carbocycles. The summed E-state index contributed by atoms with van der Waals surface area (Å²) in [5.41, 5.74) is 0.902. The molecule has 0 atom stereocenters. The zero-order valence-corrected chi connectivity index (χ0v) is 23.1. The number of unbranched alkanes of at least 4 members (excludes halogenated alkanes) is 18. The van der Waals surface area contributed by atoms with Gasteiger partial charge in [0.1, 0.15) is 0 Å². The second-order valence-corrected chi connectivity index (χ2v) is 10.8. The normalized spacial score (nSPS) is 11.4. The van der Waals surface area contributed by atoms with E-state index in [1.165, 1.54) is 141 Å². The maximum Gasteiger partial charge on any atom is 0.163 e. The fourth-order valence-electron chi connectivity index (χ4n) is 5.19. The molecule has 1 aromatic rings. The molecule has 34 heavy (non-hydrogen) atoms. The van der Waals surface area contributed by atoms with Gasteiger partial charge in [0.25, 0.3) is 0 Å². The van der Waals surface area contributed by atoms with Gasteiger partial charge in [-0.2, -0.15) is 0 Å². The molecule has 196 valence electrons. The van der Waals surface area contributed by atoms with E-state index in [2.05, 4.69) is 13.8 Å². The SMILES string of the molecule is CCCCCCCCCCCCC(CCCCCCCCCCCC)CC(=O)c1ccccc1. The van der Waals surface area contributed by atoms with Crippen molar-refractivity contribution in [1.82, 2.24) is 0 Å². The van der Waals surface area contributed by atoms with Gasteiger partial charge in [0.05, 0.1) is 0 Å². The lowest BCUT2D eigenvalue weighted by Crippen LogP contribution is -2.09. The number of Topliss-reactive ketones (excluding diaryl/α,β-unsaturated/α-hetero) is 1. The molecular weight excluding hydrogens is 412 g/mol. The lowest BCUT2D eigenvalue weighted by molar-refractivity contribution is 0.0954. The summed E-state index contributed by atoms with van der Waals surface area (Å²) < 4.78 is 0. The highest BCUT2D eigenvalue weighted by atomic mass is 16.1. The smallest absolute Gasteiger partial charge is 0.163 e. The molecule has 0 aliphatic rings. The van der Waals surface area contributed by atoms with Crippen LogP contribution in [0.25, 0.3) is 0 Å². The largest absolute Gasteiger partial charge is 0.294 e. The number of benzene rings is 1. The molecule has 0 saturated heterocycles. The Morgan fingerprint density at radius 2 is 0.882 bits per heavy atom. The molecule has 0 bridgehead atoms. The maximum absolute atomic E-state index is 12.8. The summed E-state index contributed by atoms with van der Waals surface area (Å²) in [6, 6.07) is 9.96. The van der Waals surface area contributed by atoms with Gasteiger partial charge in [0, 0.05) is 12.0 Å². The van der Waals surface area contributed by atoms with E-state index in [9.17, 15) is 4.79 Å². The van der Waals surface area contributed by atoms with E-state index in [1.807, 2.05) is 30.3 Å². The number of ketones is 1. The van der Waals surface area contributed by atoms with Crippen molar-refractivity contribution in [3.8, 4) is 0 Å². The third kappa shape index (κ3) is 18.2. The predicted octanol–water partition coefficient (Wildman–Crippen LogP) is 11.5. The molecule has 0 unspecified atom stereocenters. The second-order valence-electron chi connectivity index (χ2n) is 10.8. The summed E-state index contributed by atoms with van der Waals surface area (Å²) in [4.78, 5) is 12.8. The standard InChI is InChI=1S/C33H58O/c1-3-5-7-9-11-13-15-17-19-22-26-31(30-33(34)32-28-24-21-25-29-32)27-23-20-18-16-14-12-10-8-6-4-2/h21,24-25,28-29,31H,3-20,22-23,26-27,30H2,1-2H3. The summed E-state index contributed by atoms with van der Waals surface area (Å²) in [5, 5.41) is 0. The van der Waals surface area contributed by atoms with Gasteiger partial charge >= 0.3 is 0 Å². The highest BCUT2D eigenvalue weighted by molar-refractivity contribution is 5.96. The average molecular weight is 471 g/mol. The van der Waals surface area contributed by atoms with Crippen molar-refractivity contribution in [3.05, 3.63) is 35.9 Å². The minimum Gasteiger partial charge on any atom is -0.294 e. The Morgan fingerprint density at radius 1 is 0.529 bits per heavy atom. The Hall–Kier alpha value is -1.11. The summed E-state index contributed by atoms with van der Waals surface area (Å²) in [6.07, 6.45) is 31.0. The summed E-state index contributed by atoms with van der Waals surface area (Å²) >= 11 is 0. The van der Waals surface area contributed by atoms with E-state index in [0.29, 0.717) is 11.7 Å².